The molecule has 16 heavy (non-hydrogen) atoms. The minimum absolute atomic E-state index is 0.0907. The van der Waals surface area contributed by atoms with Crippen molar-refractivity contribution < 1.29 is 19.2 Å². The van der Waals surface area contributed by atoms with Crippen molar-refractivity contribution in [3.63, 3.8) is 0 Å². The summed E-state index contributed by atoms with van der Waals surface area (Å²) in [5.74, 6) is -0.536. The highest BCUT2D eigenvalue weighted by molar-refractivity contribution is 9.10. The van der Waals surface area contributed by atoms with E-state index in [0.29, 0.717) is 0 Å². The van der Waals surface area contributed by atoms with Crippen LogP contribution in [0.15, 0.2) is 16.6 Å². The summed E-state index contributed by atoms with van der Waals surface area (Å²) in [6.45, 7) is 0. The number of benzene rings is 1. The van der Waals surface area contributed by atoms with E-state index in [1.807, 2.05) is 0 Å². The molecule has 86 valence electrons. The molecule has 7 heteroatoms. The Morgan fingerprint density at radius 1 is 1.44 bits per heavy atom. The van der Waals surface area contributed by atoms with Crippen molar-refractivity contribution in [1.82, 2.24) is 0 Å². The van der Waals surface area contributed by atoms with Crippen LogP contribution in [-0.2, 0) is 4.74 Å². The first-order valence-electron chi connectivity index (χ1n) is 4.11. The minimum atomic E-state index is -0.626. The van der Waals surface area contributed by atoms with E-state index < -0.39 is 10.9 Å². The Labute approximate surface area is 99.4 Å². The fourth-order valence-corrected chi connectivity index (χ4v) is 1.73. The molecular weight excluding hydrogens is 282 g/mol. The van der Waals surface area contributed by atoms with Crippen molar-refractivity contribution in [3.05, 3.63) is 32.3 Å². The molecule has 0 saturated heterocycles. The Morgan fingerprint density at radius 2 is 2.06 bits per heavy atom. The lowest BCUT2D eigenvalue weighted by atomic mass is 10.2. The van der Waals surface area contributed by atoms with Gasteiger partial charge in [0.05, 0.1) is 25.2 Å². The number of carbonyl (C=O) groups is 1. The van der Waals surface area contributed by atoms with Gasteiger partial charge in [0.1, 0.15) is 11.3 Å². The highest BCUT2D eigenvalue weighted by atomic mass is 79.9. The molecule has 0 bridgehead atoms. The summed E-state index contributed by atoms with van der Waals surface area (Å²) in [7, 11) is 2.54. The molecule has 0 aliphatic carbocycles. The largest absolute Gasteiger partial charge is 0.496 e. The summed E-state index contributed by atoms with van der Waals surface area (Å²) in [5, 5.41) is 10.6. The fourth-order valence-electron chi connectivity index (χ4n) is 1.13. The summed E-state index contributed by atoms with van der Waals surface area (Å²) in [5.41, 5.74) is -0.0491. The lowest BCUT2D eigenvalue weighted by Crippen LogP contribution is -2.06. The zero-order chi connectivity index (χ0) is 12.3. The van der Waals surface area contributed by atoms with Crippen molar-refractivity contribution in [2.75, 3.05) is 14.2 Å². The molecule has 1 aromatic rings. The number of esters is 1. The van der Waals surface area contributed by atoms with E-state index in [0.717, 1.165) is 6.07 Å². The SMILES string of the molecule is COC(=O)c1c(Br)cc([N+](=O)[O-])cc1OC. The van der Waals surface area contributed by atoms with Crippen LogP contribution in [0.3, 0.4) is 0 Å². The molecule has 0 N–H and O–H groups in total. The van der Waals surface area contributed by atoms with Crippen LogP contribution in [-0.4, -0.2) is 25.1 Å². The number of hydrogen-bond donors (Lipinski definition) is 0. The van der Waals surface area contributed by atoms with Crippen molar-refractivity contribution in [2.45, 2.75) is 0 Å². The molecule has 0 heterocycles. The van der Waals surface area contributed by atoms with Crippen molar-refractivity contribution in [2.24, 2.45) is 0 Å². The van der Waals surface area contributed by atoms with E-state index in [-0.39, 0.29) is 21.5 Å². The third-order valence-electron chi connectivity index (χ3n) is 1.86. The Bertz CT molecular complexity index is 446. The predicted molar refractivity (Wildman–Crippen MR) is 58.7 cm³/mol. The Kier molecular flexibility index (Phi) is 3.83. The summed E-state index contributed by atoms with van der Waals surface area (Å²) in [6, 6.07) is 2.38. The Hall–Kier alpha value is -1.63. The van der Waals surface area contributed by atoms with Crippen molar-refractivity contribution in [1.29, 1.82) is 0 Å². The summed E-state index contributed by atoms with van der Waals surface area (Å²) < 4.78 is 9.70. The number of nitrogens with zero attached hydrogens (tertiary/aromatic N) is 1. The van der Waals surface area contributed by atoms with E-state index in [1.165, 1.54) is 20.3 Å². The first-order valence-corrected chi connectivity index (χ1v) is 4.90. The molecule has 0 fully saturated rings. The molecule has 1 rings (SSSR count). The maximum Gasteiger partial charge on any atom is 0.342 e. The van der Waals surface area contributed by atoms with Gasteiger partial charge in [-0.15, -0.1) is 0 Å². The monoisotopic (exact) mass is 289 g/mol. The molecule has 0 unspecified atom stereocenters. The number of nitro benzene ring substituents is 1. The zero-order valence-corrected chi connectivity index (χ0v) is 10.1. The Morgan fingerprint density at radius 3 is 2.50 bits per heavy atom. The second-order valence-electron chi connectivity index (χ2n) is 2.75. The van der Waals surface area contributed by atoms with E-state index in [9.17, 15) is 14.9 Å². The van der Waals surface area contributed by atoms with Gasteiger partial charge in [0.2, 0.25) is 0 Å². The van der Waals surface area contributed by atoms with Crippen LogP contribution in [0.25, 0.3) is 0 Å². The van der Waals surface area contributed by atoms with Crippen LogP contribution in [0.2, 0.25) is 0 Å². The molecule has 1 aromatic carbocycles. The zero-order valence-electron chi connectivity index (χ0n) is 8.52. The third-order valence-corrected chi connectivity index (χ3v) is 2.48. The molecule has 0 amide bonds. The van der Waals surface area contributed by atoms with Gasteiger partial charge < -0.3 is 9.47 Å². The van der Waals surface area contributed by atoms with Crippen LogP contribution in [0.4, 0.5) is 5.69 Å². The quantitative estimate of drug-likeness (QED) is 0.484. The first-order chi connectivity index (χ1) is 7.51. The van der Waals surface area contributed by atoms with Crippen LogP contribution < -0.4 is 4.74 Å². The number of carbonyl (C=O) groups excluding carboxylic acids is 1. The molecule has 0 saturated carbocycles. The van der Waals surface area contributed by atoms with Crippen LogP contribution in [0, 0.1) is 10.1 Å². The third kappa shape index (κ3) is 2.30. The summed E-state index contributed by atoms with van der Waals surface area (Å²) in [6.07, 6.45) is 0. The maximum atomic E-state index is 11.4. The number of halogens is 1. The van der Waals surface area contributed by atoms with Gasteiger partial charge in [0.25, 0.3) is 5.69 Å². The number of methoxy groups -OCH3 is 2. The molecule has 0 atom stereocenters. The van der Waals surface area contributed by atoms with E-state index >= 15 is 0 Å². The van der Waals surface area contributed by atoms with Gasteiger partial charge in [-0.25, -0.2) is 4.79 Å². The lowest BCUT2D eigenvalue weighted by molar-refractivity contribution is -0.385. The first kappa shape index (κ1) is 12.4. The van der Waals surface area contributed by atoms with Gasteiger partial charge in [0.15, 0.2) is 0 Å². The molecule has 0 spiro atoms. The van der Waals surface area contributed by atoms with Crippen molar-refractivity contribution >= 4 is 27.6 Å². The average molecular weight is 290 g/mol. The fraction of sp³-hybridized carbons (Fsp3) is 0.222. The molecule has 0 aromatic heterocycles. The normalized spacial score (nSPS) is 9.69. The topological polar surface area (TPSA) is 78.7 Å². The average Bonchev–Trinajstić information content (AvgIpc) is 2.26. The second-order valence-corrected chi connectivity index (χ2v) is 3.61. The number of rotatable bonds is 3. The Balaban J connectivity index is 3.40. The predicted octanol–water partition coefficient (Wildman–Crippen LogP) is 2.15. The van der Waals surface area contributed by atoms with Crippen LogP contribution >= 0.6 is 15.9 Å². The second kappa shape index (κ2) is 4.93. The van der Waals surface area contributed by atoms with Gasteiger partial charge in [-0.05, 0) is 15.9 Å². The van der Waals surface area contributed by atoms with Gasteiger partial charge in [-0.2, -0.15) is 0 Å². The molecule has 0 aliphatic rings. The van der Waals surface area contributed by atoms with Gasteiger partial charge >= 0.3 is 5.97 Å². The number of ether oxygens (including phenoxy) is 2. The highest BCUT2D eigenvalue weighted by Crippen LogP contribution is 2.32. The number of nitro groups is 1. The van der Waals surface area contributed by atoms with E-state index in [2.05, 4.69) is 20.7 Å². The summed E-state index contributed by atoms with van der Waals surface area (Å²) >= 11 is 3.06. The molecular formula is C9H8BrNO5. The van der Waals surface area contributed by atoms with Crippen LogP contribution in [0.5, 0.6) is 5.75 Å². The van der Waals surface area contributed by atoms with E-state index in [4.69, 9.17) is 4.74 Å². The number of hydrogen-bond acceptors (Lipinski definition) is 5. The smallest absolute Gasteiger partial charge is 0.342 e. The van der Waals surface area contributed by atoms with Crippen molar-refractivity contribution in [3.8, 4) is 5.75 Å². The van der Waals surface area contributed by atoms with Crippen LogP contribution in [0.1, 0.15) is 10.4 Å². The maximum absolute atomic E-state index is 11.4. The highest BCUT2D eigenvalue weighted by Gasteiger charge is 2.21. The van der Waals surface area contributed by atoms with Gasteiger partial charge in [-0.1, -0.05) is 0 Å². The minimum Gasteiger partial charge on any atom is -0.496 e. The standard InChI is InChI=1S/C9H8BrNO5/c1-15-7-4-5(11(13)14)3-6(10)8(7)9(12)16-2/h3-4H,1-2H3. The van der Waals surface area contributed by atoms with Gasteiger partial charge in [0, 0.05) is 10.5 Å². The molecule has 0 radical (unpaired) electrons. The lowest BCUT2D eigenvalue weighted by Gasteiger charge is -2.08. The van der Waals surface area contributed by atoms with E-state index in [1.54, 1.807) is 0 Å². The molecule has 0 aliphatic heterocycles. The van der Waals surface area contributed by atoms with Gasteiger partial charge in [-0.3, -0.25) is 10.1 Å². The number of non-ortho nitro benzene ring substituents is 1. The summed E-state index contributed by atoms with van der Waals surface area (Å²) in [4.78, 5) is 21.4. The molecule has 6 nitrogen and oxygen atoms in total.